The van der Waals surface area contributed by atoms with Gasteiger partial charge in [-0.2, -0.15) is 0 Å². The number of benzene rings is 1. The summed E-state index contributed by atoms with van der Waals surface area (Å²) >= 11 is 0. The van der Waals surface area contributed by atoms with Crippen molar-refractivity contribution in [3.05, 3.63) is 35.1 Å². The van der Waals surface area contributed by atoms with Gasteiger partial charge in [-0.15, -0.1) is 24.0 Å². The quantitative estimate of drug-likeness (QED) is 0.237. The highest BCUT2D eigenvalue weighted by atomic mass is 127. The van der Waals surface area contributed by atoms with Crippen LogP contribution < -0.4 is 16.0 Å². The zero-order valence-corrected chi connectivity index (χ0v) is 18.6. The van der Waals surface area contributed by atoms with Crippen molar-refractivity contribution in [2.24, 2.45) is 4.99 Å². The fraction of sp³-hybridized carbons (Fsp3) is 0.579. The zero-order chi connectivity index (χ0) is 19.0. The van der Waals surface area contributed by atoms with Crippen LogP contribution in [0.15, 0.2) is 23.2 Å². The monoisotopic (exact) mass is 492 g/mol. The molecule has 1 unspecified atom stereocenters. The molecular formula is C19H30FIN4O2. The Morgan fingerprint density at radius 2 is 2.04 bits per heavy atom. The van der Waals surface area contributed by atoms with E-state index in [-0.39, 0.29) is 41.3 Å². The number of carbonyl (C=O) groups is 1. The molecule has 1 heterocycles. The summed E-state index contributed by atoms with van der Waals surface area (Å²) in [4.78, 5) is 16.6. The molecule has 0 spiro atoms. The number of amides is 1. The van der Waals surface area contributed by atoms with Crippen LogP contribution in [0, 0.1) is 12.7 Å². The van der Waals surface area contributed by atoms with Crippen LogP contribution in [0.3, 0.4) is 0 Å². The van der Waals surface area contributed by atoms with E-state index in [9.17, 15) is 9.18 Å². The highest BCUT2D eigenvalue weighted by Gasteiger charge is 2.29. The Hall–Kier alpha value is -1.42. The summed E-state index contributed by atoms with van der Waals surface area (Å²) in [7, 11) is 0. The van der Waals surface area contributed by atoms with E-state index in [0.717, 1.165) is 26.0 Å². The van der Waals surface area contributed by atoms with Crippen molar-refractivity contribution >= 4 is 35.8 Å². The normalized spacial score (nSPS) is 19.3. The van der Waals surface area contributed by atoms with Gasteiger partial charge in [0.05, 0.1) is 12.1 Å². The average Bonchev–Trinajstić information content (AvgIpc) is 3.05. The SMILES string of the molecule is CCNC(=NCC1(C)CCCO1)NCCNC(=O)c1ccc(C)c(F)c1.I. The second-order valence-electron chi connectivity index (χ2n) is 6.74. The Bertz CT molecular complexity index is 649. The third-order valence-electron chi connectivity index (χ3n) is 4.35. The molecule has 0 saturated carbocycles. The van der Waals surface area contributed by atoms with Crippen LogP contribution in [0.2, 0.25) is 0 Å². The fourth-order valence-corrected chi connectivity index (χ4v) is 2.74. The van der Waals surface area contributed by atoms with E-state index >= 15 is 0 Å². The Morgan fingerprint density at radius 1 is 1.30 bits per heavy atom. The molecule has 0 radical (unpaired) electrons. The number of carbonyl (C=O) groups excluding carboxylic acids is 1. The molecule has 1 aromatic rings. The molecule has 6 nitrogen and oxygen atoms in total. The van der Waals surface area contributed by atoms with Crippen molar-refractivity contribution in [3.63, 3.8) is 0 Å². The maximum atomic E-state index is 13.5. The second kappa shape index (κ2) is 11.4. The number of nitrogens with one attached hydrogen (secondary N) is 3. The number of rotatable bonds is 7. The first-order valence-electron chi connectivity index (χ1n) is 9.14. The lowest BCUT2D eigenvalue weighted by molar-refractivity contribution is 0.0283. The molecule has 1 aliphatic heterocycles. The zero-order valence-electron chi connectivity index (χ0n) is 16.2. The standard InChI is InChI=1S/C19H29FN4O2.HI/c1-4-21-18(24-13-19(3)8-5-11-26-19)23-10-9-22-17(25)15-7-6-14(2)16(20)12-15;/h6-7,12H,4-5,8-11,13H2,1-3H3,(H,22,25)(H2,21,23,24);1H. The van der Waals surface area contributed by atoms with Gasteiger partial charge in [-0.3, -0.25) is 9.79 Å². The molecule has 2 rings (SSSR count). The summed E-state index contributed by atoms with van der Waals surface area (Å²) in [6.45, 7) is 8.81. The van der Waals surface area contributed by atoms with E-state index < -0.39 is 0 Å². The molecule has 1 amide bonds. The van der Waals surface area contributed by atoms with Gasteiger partial charge in [0.2, 0.25) is 0 Å². The predicted molar refractivity (Wildman–Crippen MR) is 116 cm³/mol. The van der Waals surface area contributed by atoms with Crippen LogP contribution >= 0.6 is 24.0 Å². The Balaban J connectivity index is 0.00000364. The number of halogens is 2. The molecule has 0 aromatic heterocycles. The van der Waals surface area contributed by atoms with Crippen LogP contribution in [-0.2, 0) is 4.74 Å². The van der Waals surface area contributed by atoms with Gasteiger partial charge < -0.3 is 20.7 Å². The van der Waals surface area contributed by atoms with Gasteiger partial charge in [-0.1, -0.05) is 6.07 Å². The van der Waals surface area contributed by atoms with Gasteiger partial charge in [-0.05, 0) is 51.3 Å². The minimum Gasteiger partial charge on any atom is -0.373 e. The van der Waals surface area contributed by atoms with Gasteiger partial charge in [0.25, 0.3) is 5.91 Å². The molecule has 0 aliphatic carbocycles. The molecule has 1 saturated heterocycles. The van der Waals surface area contributed by atoms with Crippen molar-refractivity contribution in [1.82, 2.24) is 16.0 Å². The fourth-order valence-electron chi connectivity index (χ4n) is 2.74. The lowest BCUT2D eigenvalue weighted by Crippen LogP contribution is -2.42. The van der Waals surface area contributed by atoms with Gasteiger partial charge in [-0.25, -0.2) is 4.39 Å². The summed E-state index contributed by atoms with van der Waals surface area (Å²) in [6.07, 6.45) is 2.08. The molecule has 0 bridgehead atoms. The molecule has 1 atom stereocenters. The highest BCUT2D eigenvalue weighted by molar-refractivity contribution is 14.0. The molecular weight excluding hydrogens is 462 g/mol. The number of hydrogen-bond donors (Lipinski definition) is 3. The van der Waals surface area contributed by atoms with Crippen LogP contribution in [0.1, 0.15) is 42.6 Å². The number of guanidine groups is 1. The van der Waals surface area contributed by atoms with Crippen LogP contribution in [0.25, 0.3) is 0 Å². The molecule has 8 heteroatoms. The third-order valence-corrected chi connectivity index (χ3v) is 4.35. The Labute approximate surface area is 177 Å². The highest BCUT2D eigenvalue weighted by Crippen LogP contribution is 2.24. The molecule has 1 aliphatic rings. The average molecular weight is 492 g/mol. The maximum Gasteiger partial charge on any atom is 0.251 e. The minimum atomic E-state index is -0.375. The van der Waals surface area contributed by atoms with Crippen molar-refractivity contribution in [3.8, 4) is 0 Å². The summed E-state index contributed by atoms with van der Waals surface area (Å²) in [5.74, 6) is 0.0272. The van der Waals surface area contributed by atoms with E-state index in [2.05, 4.69) is 27.9 Å². The predicted octanol–water partition coefficient (Wildman–Crippen LogP) is 2.61. The van der Waals surface area contributed by atoms with E-state index in [1.165, 1.54) is 6.07 Å². The first-order valence-corrected chi connectivity index (χ1v) is 9.14. The van der Waals surface area contributed by atoms with Crippen LogP contribution in [0.5, 0.6) is 0 Å². The van der Waals surface area contributed by atoms with Gasteiger partial charge in [0, 0.05) is 31.8 Å². The van der Waals surface area contributed by atoms with Gasteiger partial charge in [0.15, 0.2) is 5.96 Å². The summed E-state index contributed by atoms with van der Waals surface area (Å²) < 4.78 is 19.3. The summed E-state index contributed by atoms with van der Waals surface area (Å²) in [5, 5.41) is 9.13. The molecule has 1 aromatic carbocycles. The topological polar surface area (TPSA) is 74.8 Å². The van der Waals surface area contributed by atoms with Crippen molar-refractivity contribution < 1.29 is 13.9 Å². The Morgan fingerprint density at radius 3 is 2.67 bits per heavy atom. The number of nitrogens with zero attached hydrogens (tertiary/aromatic N) is 1. The number of hydrogen-bond acceptors (Lipinski definition) is 3. The third kappa shape index (κ3) is 7.61. The molecule has 152 valence electrons. The van der Waals surface area contributed by atoms with Gasteiger partial charge >= 0.3 is 0 Å². The number of aliphatic imine (C=N–C) groups is 1. The second-order valence-corrected chi connectivity index (χ2v) is 6.74. The Kier molecular flexibility index (Phi) is 10.00. The van der Waals surface area contributed by atoms with Crippen molar-refractivity contribution in [1.29, 1.82) is 0 Å². The minimum absolute atomic E-state index is 0. The number of ether oxygens (including phenoxy) is 1. The van der Waals surface area contributed by atoms with E-state index in [1.807, 2.05) is 6.92 Å². The first-order chi connectivity index (χ1) is 12.4. The molecule has 27 heavy (non-hydrogen) atoms. The first kappa shape index (κ1) is 23.6. The largest absolute Gasteiger partial charge is 0.373 e. The van der Waals surface area contributed by atoms with E-state index in [1.54, 1.807) is 19.1 Å². The van der Waals surface area contributed by atoms with Crippen LogP contribution in [-0.4, -0.2) is 50.3 Å². The smallest absolute Gasteiger partial charge is 0.251 e. The molecule has 1 fully saturated rings. The van der Waals surface area contributed by atoms with E-state index in [0.29, 0.717) is 36.7 Å². The summed E-state index contributed by atoms with van der Waals surface area (Å²) in [5.41, 5.74) is 0.654. The number of aryl methyl sites for hydroxylation is 1. The summed E-state index contributed by atoms with van der Waals surface area (Å²) in [6, 6.07) is 4.48. The van der Waals surface area contributed by atoms with Crippen molar-refractivity contribution in [2.75, 3.05) is 32.8 Å². The maximum absolute atomic E-state index is 13.5. The van der Waals surface area contributed by atoms with Crippen molar-refractivity contribution in [2.45, 2.75) is 39.2 Å². The van der Waals surface area contributed by atoms with Gasteiger partial charge in [0.1, 0.15) is 5.82 Å². The van der Waals surface area contributed by atoms with E-state index in [4.69, 9.17) is 4.74 Å². The lowest BCUT2D eigenvalue weighted by atomic mass is 10.0. The van der Waals surface area contributed by atoms with Crippen LogP contribution in [0.4, 0.5) is 4.39 Å². The lowest BCUT2D eigenvalue weighted by Gasteiger charge is -2.21. The molecule has 3 N–H and O–H groups in total.